The number of rotatable bonds is 0. The molecular formula is C16H13NOS. The van der Waals surface area contributed by atoms with Crippen LogP contribution in [-0.4, -0.2) is 10.8 Å². The lowest BCUT2D eigenvalue weighted by Crippen LogP contribution is -2.40. The Labute approximate surface area is 116 Å². The number of benzene rings is 2. The lowest BCUT2D eigenvalue weighted by atomic mass is 10.1. The lowest BCUT2D eigenvalue weighted by molar-refractivity contribution is 0.0682. The standard InChI is InChI=1S/C16H13NOS/c1-16-13-8-4-3-7-12(13)15(18)17(16)10-11-6-2-5-9-14(11)19-16/h2-9H,10H2,1H3. The molecule has 0 aromatic heterocycles. The highest BCUT2D eigenvalue weighted by Gasteiger charge is 2.49. The summed E-state index contributed by atoms with van der Waals surface area (Å²) in [6, 6.07) is 16.3. The van der Waals surface area contributed by atoms with Gasteiger partial charge in [-0.1, -0.05) is 48.2 Å². The minimum Gasteiger partial charge on any atom is -0.315 e. The van der Waals surface area contributed by atoms with E-state index in [1.165, 1.54) is 10.5 Å². The third-order valence-electron chi connectivity index (χ3n) is 4.03. The largest absolute Gasteiger partial charge is 0.315 e. The van der Waals surface area contributed by atoms with Crippen LogP contribution in [0.4, 0.5) is 0 Å². The quantitative estimate of drug-likeness (QED) is 0.726. The Morgan fingerprint density at radius 3 is 2.74 bits per heavy atom. The summed E-state index contributed by atoms with van der Waals surface area (Å²) in [7, 11) is 0. The van der Waals surface area contributed by atoms with E-state index in [1.807, 2.05) is 29.2 Å². The fourth-order valence-corrected chi connectivity index (χ4v) is 4.39. The minimum atomic E-state index is -0.262. The molecule has 0 N–H and O–H groups in total. The zero-order chi connectivity index (χ0) is 13.0. The van der Waals surface area contributed by atoms with Crippen LogP contribution in [0.3, 0.4) is 0 Å². The van der Waals surface area contributed by atoms with Crippen LogP contribution < -0.4 is 0 Å². The van der Waals surface area contributed by atoms with E-state index in [0.717, 1.165) is 11.1 Å². The summed E-state index contributed by atoms with van der Waals surface area (Å²) in [6.45, 7) is 2.85. The number of hydrogen-bond acceptors (Lipinski definition) is 2. The molecule has 3 heteroatoms. The van der Waals surface area contributed by atoms with Crippen molar-refractivity contribution in [1.82, 2.24) is 4.90 Å². The van der Waals surface area contributed by atoms with Crippen molar-refractivity contribution in [2.45, 2.75) is 23.2 Å². The van der Waals surface area contributed by atoms with E-state index in [0.29, 0.717) is 6.54 Å². The predicted molar refractivity (Wildman–Crippen MR) is 76.0 cm³/mol. The van der Waals surface area contributed by atoms with Gasteiger partial charge in [0.2, 0.25) is 0 Å². The highest BCUT2D eigenvalue weighted by Crippen LogP contribution is 2.54. The Morgan fingerprint density at radius 2 is 1.84 bits per heavy atom. The predicted octanol–water partition coefficient (Wildman–Crippen LogP) is 3.62. The van der Waals surface area contributed by atoms with Gasteiger partial charge in [-0.25, -0.2) is 0 Å². The SMILES string of the molecule is CC12Sc3ccccc3CN1C(=O)c1ccccc12. The van der Waals surface area contributed by atoms with Crippen LogP contribution in [-0.2, 0) is 11.4 Å². The van der Waals surface area contributed by atoms with Crippen molar-refractivity contribution < 1.29 is 4.79 Å². The van der Waals surface area contributed by atoms with Gasteiger partial charge in [-0.3, -0.25) is 4.79 Å². The van der Waals surface area contributed by atoms with Crippen molar-refractivity contribution in [3.05, 3.63) is 65.2 Å². The van der Waals surface area contributed by atoms with Gasteiger partial charge >= 0.3 is 0 Å². The van der Waals surface area contributed by atoms with Crippen molar-refractivity contribution in [3.8, 4) is 0 Å². The van der Waals surface area contributed by atoms with Gasteiger partial charge in [0.15, 0.2) is 0 Å². The molecule has 0 fully saturated rings. The van der Waals surface area contributed by atoms with Crippen molar-refractivity contribution in [2.75, 3.05) is 0 Å². The molecule has 0 saturated carbocycles. The normalized spacial score (nSPS) is 23.8. The number of hydrogen-bond donors (Lipinski definition) is 0. The molecule has 1 amide bonds. The molecule has 94 valence electrons. The first-order chi connectivity index (χ1) is 9.20. The highest BCUT2D eigenvalue weighted by atomic mass is 32.2. The number of amides is 1. The number of nitrogens with zero attached hydrogens (tertiary/aromatic N) is 1. The minimum absolute atomic E-state index is 0.153. The maximum Gasteiger partial charge on any atom is 0.255 e. The van der Waals surface area contributed by atoms with E-state index in [4.69, 9.17) is 0 Å². The molecule has 2 heterocycles. The van der Waals surface area contributed by atoms with Gasteiger partial charge < -0.3 is 4.90 Å². The second-order valence-electron chi connectivity index (χ2n) is 5.13. The molecule has 2 aliphatic heterocycles. The van der Waals surface area contributed by atoms with Crippen LogP contribution >= 0.6 is 11.8 Å². The first kappa shape index (κ1) is 11.1. The second kappa shape index (κ2) is 3.64. The second-order valence-corrected chi connectivity index (χ2v) is 6.57. The molecular weight excluding hydrogens is 254 g/mol. The van der Waals surface area contributed by atoms with Crippen LogP contribution in [0.1, 0.15) is 28.4 Å². The van der Waals surface area contributed by atoms with E-state index in [-0.39, 0.29) is 10.8 Å². The summed E-state index contributed by atoms with van der Waals surface area (Å²) in [4.78, 5) is 15.6. The summed E-state index contributed by atoms with van der Waals surface area (Å²) < 4.78 is 0. The topological polar surface area (TPSA) is 20.3 Å². The van der Waals surface area contributed by atoms with E-state index < -0.39 is 0 Å². The summed E-state index contributed by atoms with van der Waals surface area (Å²) in [5, 5.41) is 0. The average Bonchev–Trinajstić information content (AvgIpc) is 2.66. The summed E-state index contributed by atoms with van der Waals surface area (Å²) in [5.74, 6) is 0.153. The third kappa shape index (κ3) is 1.36. The molecule has 0 aliphatic carbocycles. The summed E-state index contributed by atoms with van der Waals surface area (Å²) >= 11 is 1.78. The number of fused-ring (bicyclic) bond motifs is 4. The lowest BCUT2D eigenvalue weighted by Gasteiger charge is -2.40. The molecule has 0 spiro atoms. The smallest absolute Gasteiger partial charge is 0.255 e. The van der Waals surface area contributed by atoms with Crippen molar-refractivity contribution in [1.29, 1.82) is 0 Å². The van der Waals surface area contributed by atoms with E-state index in [2.05, 4.69) is 31.2 Å². The molecule has 1 unspecified atom stereocenters. The first-order valence-corrected chi connectivity index (χ1v) is 7.20. The van der Waals surface area contributed by atoms with Gasteiger partial charge in [0.05, 0.1) is 0 Å². The zero-order valence-corrected chi connectivity index (χ0v) is 11.4. The molecule has 1 atom stereocenters. The Kier molecular flexibility index (Phi) is 2.13. The monoisotopic (exact) mass is 267 g/mol. The molecule has 2 aliphatic rings. The highest BCUT2D eigenvalue weighted by molar-refractivity contribution is 8.00. The van der Waals surface area contributed by atoms with Gasteiger partial charge in [-0.2, -0.15) is 0 Å². The van der Waals surface area contributed by atoms with Crippen molar-refractivity contribution in [2.24, 2.45) is 0 Å². The Balaban J connectivity index is 1.93. The molecule has 2 nitrogen and oxygen atoms in total. The first-order valence-electron chi connectivity index (χ1n) is 6.38. The van der Waals surface area contributed by atoms with E-state index in [1.54, 1.807) is 11.8 Å². The van der Waals surface area contributed by atoms with E-state index in [9.17, 15) is 4.79 Å². The molecule has 2 aromatic rings. The fourth-order valence-electron chi connectivity index (χ4n) is 3.01. The van der Waals surface area contributed by atoms with Crippen LogP contribution in [0.2, 0.25) is 0 Å². The van der Waals surface area contributed by atoms with Gasteiger partial charge in [0.25, 0.3) is 5.91 Å². The molecule has 4 rings (SSSR count). The fraction of sp³-hybridized carbons (Fsp3) is 0.188. The zero-order valence-electron chi connectivity index (χ0n) is 10.6. The number of carbonyl (C=O) groups is 1. The Hall–Kier alpha value is -1.74. The van der Waals surface area contributed by atoms with Crippen LogP contribution in [0.5, 0.6) is 0 Å². The van der Waals surface area contributed by atoms with Crippen molar-refractivity contribution >= 4 is 17.7 Å². The van der Waals surface area contributed by atoms with Gasteiger partial charge in [0.1, 0.15) is 4.87 Å². The van der Waals surface area contributed by atoms with E-state index >= 15 is 0 Å². The molecule has 0 radical (unpaired) electrons. The van der Waals surface area contributed by atoms with Crippen LogP contribution in [0, 0.1) is 0 Å². The Morgan fingerprint density at radius 1 is 1.11 bits per heavy atom. The average molecular weight is 267 g/mol. The maximum atomic E-state index is 12.6. The molecule has 19 heavy (non-hydrogen) atoms. The maximum absolute atomic E-state index is 12.6. The van der Waals surface area contributed by atoms with Gasteiger partial charge in [-0.05, 0) is 24.6 Å². The number of carbonyl (C=O) groups excluding carboxylic acids is 1. The number of thioether (sulfide) groups is 1. The van der Waals surface area contributed by atoms with Crippen LogP contribution in [0.25, 0.3) is 0 Å². The molecule has 0 saturated heterocycles. The summed E-state index contributed by atoms with van der Waals surface area (Å²) in [6.07, 6.45) is 0. The molecule has 2 aromatic carbocycles. The van der Waals surface area contributed by atoms with Crippen LogP contribution in [0.15, 0.2) is 53.4 Å². The Bertz CT molecular complexity index is 697. The van der Waals surface area contributed by atoms with Gasteiger partial charge in [0, 0.05) is 22.6 Å². The van der Waals surface area contributed by atoms with Gasteiger partial charge in [-0.15, -0.1) is 0 Å². The summed E-state index contributed by atoms with van der Waals surface area (Å²) in [5.41, 5.74) is 3.23. The molecule has 0 bridgehead atoms. The third-order valence-corrected chi connectivity index (χ3v) is 5.48. The van der Waals surface area contributed by atoms with Crippen molar-refractivity contribution in [3.63, 3.8) is 0 Å².